The van der Waals surface area contributed by atoms with Crippen molar-refractivity contribution in [2.75, 3.05) is 20.8 Å². The highest BCUT2D eigenvalue weighted by Gasteiger charge is 2.26. The van der Waals surface area contributed by atoms with Crippen LogP contribution in [0.2, 0.25) is 0 Å². The Morgan fingerprint density at radius 1 is 1.50 bits per heavy atom. The van der Waals surface area contributed by atoms with E-state index in [1.54, 1.807) is 12.1 Å². The van der Waals surface area contributed by atoms with Gasteiger partial charge in [0.05, 0.1) is 26.1 Å². The number of hydrogen-bond donors (Lipinski definition) is 1. The number of fused-ring (bicyclic) bond motifs is 1. The molecule has 0 radical (unpaired) electrons. The van der Waals surface area contributed by atoms with Gasteiger partial charge in [0.25, 0.3) is 0 Å². The molecule has 0 aromatic heterocycles. The van der Waals surface area contributed by atoms with Gasteiger partial charge in [-0.2, -0.15) is 0 Å². The lowest BCUT2D eigenvalue weighted by molar-refractivity contribution is 0.0596. The Labute approximate surface area is 109 Å². The maximum atomic E-state index is 11.6. The first-order valence-electron chi connectivity index (χ1n) is 5.44. The van der Waals surface area contributed by atoms with Gasteiger partial charge in [0.2, 0.25) is 0 Å². The van der Waals surface area contributed by atoms with E-state index in [1.165, 1.54) is 14.2 Å². The van der Waals surface area contributed by atoms with Crippen molar-refractivity contribution in [1.29, 1.82) is 0 Å². The second kappa shape index (κ2) is 5.49. The monoisotopic (exact) mass is 270 g/mol. The molecule has 1 aromatic rings. The summed E-state index contributed by atoms with van der Waals surface area (Å²) in [6.07, 6.45) is 0.717. The summed E-state index contributed by atoms with van der Waals surface area (Å²) in [5, 5.41) is -0.0608. The van der Waals surface area contributed by atoms with Crippen LogP contribution < -0.4 is 9.47 Å². The Morgan fingerprint density at radius 3 is 2.89 bits per heavy atom. The summed E-state index contributed by atoms with van der Waals surface area (Å²) in [5.41, 5.74) is 1.15. The van der Waals surface area contributed by atoms with Crippen molar-refractivity contribution in [3.05, 3.63) is 23.3 Å². The van der Waals surface area contributed by atoms with Gasteiger partial charge >= 0.3 is 5.97 Å². The molecule has 0 bridgehead atoms. The van der Waals surface area contributed by atoms with Crippen molar-refractivity contribution in [1.82, 2.24) is 0 Å². The van der Waals surface area contributed by atoms with Crippen LogP contribution in [0.15, 0.2) is 12.1 Å². The summed E-state index contributed by atoms with van der Waals surface area (Å²) in [6.45, 7) is 0.512. The molecule has 1 heterocycles. The minimum Gasteiger partial charge on any atom is -0.496 e. The van der Waals surface area contributed by atoms with Gasteiger partial charge in [0.1, 0.15) is 17.1 Å². The fraction of sp³-hybridized carbons (Fsp3) is 0.417. The zero-order valence-electron chi connectivity index (χ0n) is 10.1. The molecule has 0 spiro atoms. The Morgan fingerprint density at radius 2 is 2.28 bits per heavy atom. The van der Waals surface area contributed by atoms with Gasteiger partial charge in [0.15, 0.2) is 0 Å². The normalized spacial score (nSPS) is 17.6. The topological polar surface area (TPSA) is 65.0 Å². The largest absolute Gasteiger partial charge is 0.496 e. The van der Waals surface area contributed by atoms with Crippen LogP contribution in [0.1, 0.15) is 27.6 Å². The smallest absolute Gasteiger partial charge is 0.341 e. The van der Waals surface area contributed by atoms with E-state index >= 15 is 0 Å². The fourth-order valence-corrected chi connectivity index (χ4v) is 2.43. The summed E-state index contributed by atoms with van der Waals surface area (Å²) < 4.78 is 24.6. The molecule has 6 heteroatoms. The van der Waals surface area contributed by atoms with Crippen LogP contribution in [0, 0.1) is 0 Å². The molecule has 0 aliphatic carbocycles. The molecule has 1 aliphatic heterocycles. The van der Waals surface area contributed by atoms with Crippen LogP contribution in [0.4, 0.5) is 0 Å². The number of esters is 1. The highest BCUT2D eigenvalue weighted by Crippen LogP contribution is 2.42. The van der Waals surface area contributed by atoms with E-state index in [2.05, 4.69) is 0 Å². The van der Waals surface area contributed by atoms with E-state index in [1.807, 2.05) is 0 Å². The van der Waals surface area contributed by atoms with Gasteiger partial charge in [-0.15, -0.1) is 0 Å². The van der Waals surface area contributed by atoms with E-state index in [4.69, 9.17) is 14.2 Å². The Bertz CT molecular complexity index is 460. The molecule has 0 amide bonds. The predicted molar refractivity (Wildman–Crippen MR) is 67.4 cm³/mol. The minimum absolute atomic E-state index is 0.0608. The first-order valence-corrected chi connectivity index (χ1v) is 6.28. The number of rotatable bonds is 3. The van der Waals surface area contributed by atoms with E-state index in [0.29, 0.717) is 23.7 Å². The molecule has 18 heavy (non-hydrogen) atoms. The summed E-state index contributed by atoms with van der Waals surface area (Å²) in [5.74, 6) is 0.538. The summed E-state index contributed by atoms with van der Waals surface area (Å²) >= 11 is 0.776. The summed E-state index contributed by atoms with van der Waals surface area (Å²) in [6, 6.07) is 3.32. The van der Waals surface area contributed by atoms with Crippen molar-refractivity contribution in [3.8, 4) is 11.5 Å². The second-order valence-corrected chi connectivity index (χ2v) is 4.59. The highest BCUT2D eigenvalue weighted by molar-refractivity contribution is 7.94. The molecule has 1 aliphatic rings. The lowest BCUT2D eigenvalue weighted by Crippen LogP contribution is -2.14. The average molecular weight is 270 g/mol. The third-order valence-electron chi connectivity index (χ3n) is 2.85. The van der Waals surface area contributed by atoms with E-state index in [-0.39, 0.29) is 5.25 Å². The highest BCUT2D eigenvalue weighted by atomic mass is 32.2. The van der Waals surface area contributed by atoms with Crippen molar-refractivity contribution < 1.29 is 23.6 Å². The number of carbonyl (C=O) groups is 1. The van der Waals surface area contributed by atoms with Gasteiger partial charge in [0, 0.05) is 5.56 Å². The third kappa shape index (κ3) is 2.26. The molecular formula is C12H14O5S. The number of benzene rings is 1. The van der Waals surface area contributed by atoms with Gasteiger partial charge in [-0.1, -0.05) is 0 Å². The fourth-order valence-electron chi connectivity index (χ4n) is 1.93. The summed E-state index contributed by atoms with van der Waals surface area (Å²) in [7, 11) is 2.80. The third-order valence-corrected chi connectivity index (χ3v) is 3.59. The molecular weight excluding hydrogens is 256 g/mol. The van der Waals surface area contributed by atoms with Gasteiger partial charge < -0.3 is 18.8 Å². The van der Waals surface area contributed by atoms with Gasteiger partial charge in [-0.3, -0.25) is 0 Å². The Balaban J connectivity index is 2.50. The molecule has 98 valence electrons. The maximum absolute atomic E-state index is 11.6. The number of methoxy groups -OCH3 is 2. The minimum atomic E-state index is -0.475. The average Bonchev–Trinajstić information content (AvgIpc) is 2.44. The summed E-state index contributed by atoms with van der Waals surface area (Å²) in [4.78, 5) is 11.6. The molecule has 1 aromatic carbocycles. The maximum Gasteiger partial charge on any atom is 0.341 e. The van der Waals surface area contributed by atoms with Crippen molar-refractivity contribution in [3.63, 3.8) is 0 Å². The molecule has 5 nitrogen and oxygen atoms in total. The molecule has 1 unspecified atom stereocenters. The number of carbonyl (C=O) groups excluding carboxylic acids is 1. The molecule has 0 saturated heterocycles. The van der Waals surface area contributed by atoms with E-state index in [9.17, 15) is 9.35 Å². The lowest BCUT2D eigenvalue weighted by atomic mass is 10.0. The Hall–Kier alpha value is -1.40. The Kier molecular flexibility index (Phi) is 3.98. The molecule has 0 fully saturated rings. The van der Waals surface area contributed by atoms with Crippen molar-refractivity contribution in [2.45, 2.75) is 11.7 Å². The SMILES string of the molecule is COC(=O)c1cc2c(cc1OC)C(SO)CCO2. The molecule has 2 rings (SSSR count). The molecule has 1 N–H and O–H groups in total. The van der Waals surface area contributed by atoms with Gasteiger partial charge in [-0.25, -0.2) is 4.79 Å². The van der Waals surface area contributed by atoms with Crippen LogP contribution in [0.5, 0.6) is 11.5 Å². The second-order valence-electron chi connectivity index (χ2n) is 3.81. The molecule has 1 atom stereocenters. The number of ether oxygens (including phenoxy) is 3. The van der Waals surface area contributed by atoms with Crippen molar-refractivity contribution in [2.24, 2.45) is 0 Å². The zero-order chi connectivity index (χ0) is 13.1. The van der Waals surface area contributed by atoms with Crippen LogP contribution in [0.3, 0.4) is 0 Å². The number of hydrogen-bond acceptors (Lipinski definition) is 6. The lowest BCUT2D eigenvalue weighted by Gasteiger charge is -2.24. The van der Waals surface area contributed by atoms with Crippen LogP contribution in [0.25, 0.3) is 0 Å². The zero-order valence-corrected chi connectivity index (χ0v) is 11.0. The van der Waals surface area contributed by atoms with Gasteiger partial charge in [-0.05, 0) is 30.6 Å². The van der Waals surface area contributed by atoms with Crippen LogP contribution in [-0.2, 0) is 4.74 Å². The van der Waals surface area contributed by atoms with E-state index < -0.39 is 5.97 Å². The first kappa shape index (κ1) is 13.0. The standard InChI is InChI=1S/C12H14O5S/c1-15-9-5-7-10(6-8(9)12(13)16-2)17-4-3-11(7)18-14/h5-6,11,14H,3-4H2,1-2H3. The quantitative estimate of drug-likeness (QED) is 0.672. The van der Waals surface area contributed by atoms with Crippen LogP contribution >= 0.6 is 12.0 Å². The van der Waals surface area contributed by atoms with Crippen molar-refractivity contribution >= 4 is 18.0 Å². The predicted octanol–water partition coefficient (Wildman–Crippen LogP) is 2.51. The van der Waals surface area contributed by atoms with Crippen LogP contribution in [-0.4, -0.2) is 31.3 Å². The van der Waals surface area contributed by atoms with E-state index in [0.717, 1.165) is 24.0 Å². The molecule has 0 saturated carbocycles. The first-order chi connectivity index (χ1) is 8.71.